The van der Waals surface area contributed by atoms with Crippen molar-refractivity contribution in [1.82, 2.24) is 9.55 Å². The number of aromatic nitrogens is 2. The molecule has 84 valence electrons. The molecule has 0 unspecified atom stereocenters. The molecular weight excluding hydrogens is 244 g/mol. The van der Waals surface area contributed by atoms with E-state index in [1.54, 1.807) is 22.8 Å². The van der Waals surface area contributed by atoms with E-state index >= 15 is 0 Å². The first-order valence-electron chi connectivity index (χ1n) is 4.95. The highest BCUT2D eigenvalue weighted by molar-refractivity contribution is 7.71. The predicted molar refractivity (Wildman–Crippen MR) is 68.8 cm³/mol. The van der Waals surface area contributed by atoms with Crippen molar-refractivity contribution in [3.8, 4) is 0 Å². The maximum absolute atomic E-state index is 12.1. The lowest BCUT2D eigenvalue weighted by molar-refractivity contribution is 0.565. The molecule has 0 saturated heterocycles. The van der Waals surface area contributed by atoms with E-state index in [0.29, 0.717) is 20.7 Å². The Bertz CT molecular complexity index is 657. The van der Waals surface area contributed by atoms with Crippen molar-refractivity contribution in [3.05, 3.63) is 38.3 Å². The van der Waals surface area contributed by atoms with E-state index in [-0.39, 0.29) is 11.6 Å². The summed E-state index contributed by atoms with van der Waals surface area (Å²) in [4.78, 5) is 15.1. The summed E-state index contributed by atoms with van der Waals surface area (Å²) in [6.45, 7) is 3.85. The maximum Gasteiger partial charge on any atom is 0.262 e. The molecule has 0 aliphatic heterocycles. The molecule has 5 heteroatoms. The van der Waals surface area contributed by atoms with E-state index in [4.69, 9.17) is 23.8 Å². The Labute approximate surface area is 103 Å². The number of hydrogen-bond donors (Lipinski definition) is 1. The maximum atomic E-state index is 12.1. The fraction of sp³-hybridized carbons (Fsp3) is 0.273. The van der Waals surface area contributed by atoms with Crippen LogP contribution in [0.5, 0.6) is 0 Å². The zero-order chi connectivity index (χ0) is 11.9. The Morgan fingerprint density at radius 3 is 2.75 bits per heavy atom. The van der Waals surface area contributed by atoms with E-state index in [2.05, 4.69) is 4.98 Å². The van der Waals surface area contributed by atoms with Crippen LogP contribution in [0.25, 0.3) is 10.9 Å². The zero-order valence-electron chi connectivity index (χ0n) is 8.95. The lowest BCUT2D eigenvalue weighted by atomic mass is 10.2. The van der Waals surface area contributed by atoms with Crippen LogP contribution in [-0.2, 0) is 0 Å². The van der Waals surface area contributed by atoms with Gasteiger partial charge in [-0.2, -0.15) is 0 Å². The summed E-state index contributed by atoms with van der Waals surface area (Å²) in [6.07, 6.45) is 0. The highest BCUT2D eigenvalue weighted by Crippen LogP contribution is 2.15. The van der Waals surface area contributed by atoms with Crippen LogP contribution < -0.4 is 5.56 Å². The second kappa shape index (κ2) is 4.03. The van der Waals surface area contributed by atoms with Crippen molar-refractivity contribution in [3.63, 3.8) is 0 Å². The van der Waals surface area contributed by atoms with Gasteiger partial charge in [-0.05, 0) is 44.3 Å². The van der Waals surface area contributed by atoms with Crippen molar-refractivity contribution in [2.24, 2.45) is 0 Å². The zero-order valence-corrected chi connectivity index (χ0v) is 10.5. The van der Waals surface area contributed by atoms with Gasteiger partial charge in [0.15, 0.2) is 4.77 Å². The van der Waals surface area contributed by atoms with Gasteiger partial charge < -0.3 is 4.98 Å². The van der Waals surface area contributed by atoms with E-state index in [1.807, 2.05) is 13.8 Å². The summed E-state index contributed by atoms with van der Waals surface area (Å²) in [5.74, 6) is 0. The van der Waals surface area contributed by atoms with Crippen LogP contribution in [0.4, 0.5) is 0 Å². The number of hydrogen-bond acceptors (Lipinski definition) is 2. The molecule has 2 aromatic rings. The Hall–Kier alpha value is -1.13. The van der Waals surface area contributed by atoms with Crippen molar-refractivity contribution in [1.29, 1.82) is 0 Å². The first kappa shape index (κ1) is 11.4. The van der Waals surface area contributed by atoms with Gasteiger partial charge in [0, 0.05) is 11.1 Å². The third kappa shape index (κ3) is 1.79. The molecule has 1 aromatic carbocycles. The number of fused-ring (bicyclic) bond motifs is 1. The quantitative estimate of drug-likeness (QED) is 0.793. The predicted octanol–water partition coefficient (Wildman–Crippen LogP) is 3.29. The first-order chi connectivity index (χ1) is 7.50. The number of nitrogens with one attached hydrogen (secondary N) is 1. The highest BCUT2D eigenvalue weighted by Gasteiger charge is 2.08. The standard InChI is InChI=1S/C11H11ClN2OS/c1-6(2)14-10(15)8-4-3-7(12)5-9(8)13-11(14)16/h3-6H,1-2H3,(H,13,16). The van der Waals surface area contributed by atoms with Crippen LogP contribution in [0, 0.1) is 4.77 Å². The van der Waals surface area contributed by atoms with Crippen molar-refractivity contribution < 1.29 is 0 Å². The molecule has 0 spiro atoms. The Kier molecular flexibility index (Phi) is 2.86. The third-order valence-electron chi connectivity index (χ3n) is 2.41. The van der Waals surface area contributed by atoms with Crippen LogP contribution in [0.2, 0.25) is 5.02 Å². The molecule has 0 amide bonds. The lowest BCUT2D eigenvalue weighted by Gasteiger charge is -2.11. The molecule has 0 saturated carbocycles. The van der Waals surface area contributed by atoms with E-state index in [1.165, 1.54) is 0 Å². The largest absolute Gasteiger partial charge is 0.331 e. The molecule has 0 atom stereocenters. The fourth-order valence-corrected chi connectivity index (χ4v) is 2.25. The van der Waals surface area contributed by atoms with Crippen LogP contribution >= 0.6 is 23.8 Å². The molecule has 1 aromatic heterocycles. The Morgan fingerprint density at radius 2 is 2.12 bits per heavy atom. The van der Waals surface area contributed by atoms with Gasteiger partial charge in [-0.1, -0.05) is 11.6 Å². The third-order valence-corrected chi connectivity index (χ3v) is 2.94. The number of benzene rings is 1. The summed E-state index contributed by atoms with van der Waals surface area (Å²) in [7, 11) is 0. The van der Waals surface area contributed by atoms with E-state index in [0.717, 1.165) is 0 Å². The molecule has 16 heavy (non-hydrogen) atoms. The minimum absolute atomic E-state index is 0.0383. The average Bonchev–Trinajstić information content (AvgIpc) is 2.15. The van der Waals surface area contributed by atoms with Crippen LogP contribution in [-0.4, -0.2) is 9.55 Å². The number of nitrogens with zero attached hydrogens (tertiary/aromatic N) is 1. The molecule has 0 radical (unpaired) electrons. The number of aromatic amines is 1. The van der Waals surface area contributed by atoms with Crippen molar-refractivity contribution >= 4 is 34.7 Å². The van der Waals surface area contributed by atoms with Gasteiger partial charge in [-0.25, -0.2) is 0 Å². The number of halogens is 1. The van der Waals surface area contributed by atoms with E-state index < -0.39 is 0 Å². The van der Waals surface area contributed by atoms with Crippen molar-refractivity contribution in [2.75, 3.05) is 0 Å². The Morgan fingerprint density at radius 1 is 1.44 bits per heavy atom. The molecular formula is C11H11ClN2OS. The molecule has 2 rings (SSSR count). The average molecular weight is 255 g/mol. The fourth-order valence-electron chi connectivity index (χ4n) is 1.67. The number of rotatable bonds is 1. The molecule has 0 aliphatic carbocycles. The van der Waals surface area contributed by atoms with Gasteiger partial charge in [0.05, 0.1) is 10.9 Å². The van der Waals surface area contributed by atoms with Gasteiger partial charge in [0.25, 0.3) is 5.56 Å². The van der Waals surface area contributed by atoms with E-state index in [9.17, 15) is 4.79 Å². The summed E-state index contributed by atoms with van der Waals surface area (Å²) in [5.41, 5.74) is 0.602. The molecule has 1 N–H and O–H groups in total. The normalized spacial score (nSPS) is 11.2. The van der Waals surface area contributed by atoms with Gasteiger partial charge in [-0.15, -0.1) is 0 Å². The molecule has 0 bridgehead atoms. The lowest BCUT2D eigenvalue weighted by Crippen LogP contribution is -2.23. The van der Waals surface area contributed by atoms with Gasteiger partial charge in [0.2, 0.25) is 0 Å². The van der Waals surface area contributed by atoms with Gasteiger partial charge >= 0.3 is 0 Å². The molecule has 1 heterocycles. The first-order valence-corrected chi connectivity index (χ1v) is 5.73. The highest BCUT2D eigenvalue weighted by atomic mass is 35.5. The summed E-state index contributed by atoms with van der Waals surface area (Å²) < 4.78 is 1.99. The van der Waals surface area contributed by atoms with Gasteiger partial charge in [0.1, 0.15) is 0 Å². The van der Waals surface area contributed by atoms with Crippen LogP contribution in [0.1, 0.15) is 19.9 Å². The second-order valence-electron chi connectivity index (χ2n) is 3.89. The summed E-state index contributed by atoms with van der Waals surface area (Å²) in [6, 6.07) is 5.16. The SMILES string of the molecule is CC(C)n1c(=S)[nH]c2cc(Cl)ccc2c1=O. The summed E-state index contributed by atoms with van der Waals surface area (Å²) in [5, 5.41) is 1.19. The topological polar surface area (TPSA) is 37.8 Å². The van der Waals surface area contributed by atoms with Crippen LogP contribution in [0.15, 0.2) is 23.0 Å². The monoisotopic (exact) mass is 254 g/mol. The van der Waals surface area contributed by atoms with Crippen LogP contribution in [0.3, 0.4) is 0 Å². The molecule has 0 fully saturated rings. The van der Waals surface area contributed by atoms with Crippen molar-refractivity contribution in [2.45, 2.75) is 19.9 Å². The minimum Gasteiger partial charge on any atom is -0.331 e. The van der Waals surface area contributed by atoms with Gasteiger partial charge in [-0.3, -0.25) is 9.36 Å². The molecule has 0 aliphatic rings. The summed E-state index contributed by atoms with van der Waals surface area (Å²) >= 11 is 11.0. The second-order valence-corrected chi connectivity index (χ2v) is 4.71. The molecule has 3 nitrogen and oxygen atoms in total. The smallest absolute Gasteiger partial charge is 0.262 e. The minimum atomic E-state index is -0.0783. The number of H-pyrrole nitrogens is 1. The Balaban J connectivity index is 2.95.